The third-order valence-electron chi connectivity index (χ3n) is 13.2. The molecule has 2 unspecified atom stereocenters. The molecule has 186 valence electrons. The van der Waals surface area contributed by atoms with E-state index in [1.807, 2.05) is 0 Å². The number of hydrogen-bond acceptors (Lipinski definition) is 5. The Morgan fingerprint density at radius 2 is 1.64 bits per heavy atom. The van der Waals surface area contributed by atoms with Crippen molar-refractivity contribution in [3.63, 3.8) is 0 Å². The lowest BCUT2D eigenvalue weighted by Crippen LogP contribution is -2.59. The van der Waals surface area contributed by atoms with Crippen molar-refractivity contribution in [2.24, 2.45) is 50.7 Å². The maximum absolute atomic E-state index is 12.4. The van der Waals surface area contributed by atoms with Gasteiger partial charge in [0.05, 0.1) is 25.4 Å². The van der Waals surface area contributed by atoms with E-state index in [2.05, 4.69) is 34.6 Å². The zero-order valence-electron chi connectivity index (χ0n) is 21.4. The van der Waals surface area contributed by atoms with E-state index in [1.54, 1.807) is 0 Å². The second-order valence-electron chi connectivity index (χ2n) is 14.0. The SMILES string of the molecule is COC(=O)[C@H]1C[C@@H](C)C2[C@H](O1)[C@H](O)[C@@]1(C)[C@@H]3CC[C@H]4C(C)(C)[C@@H](O)CCC45C[C@@]35CC[C@]21C. The highest BCUT2D eigenvalue weighted by Gasteiger charge is 2.84. The van der Waals surface area contributed by atoms with Crippen LogP contribution in [-0.4, -0.2) is 47.7 Å². The van der Waals surface area contributed by atoms with Gasteiger partial charge >= 0.3 is 5.97 Å². The molecule has 5 aliphatic carbocycles. The summed E-state index contributed by atoms with van der Waals surface area (Å²) in [6, 6.07) is 0. The maximum Gasteiger partial charge on any atom is 0.334 e. The van der Waals surface area contributed by atoms with Gasteiger partial charge < -0.3 is 19.7 Å². The van der Waals surface area contributed by atoms with E-state index in [-0.39, 0.29) is 40.3 Å². The molecule has 6 fully saturated rings. The predicted molar refractivity (Wildman–Crippen MR) is 124 cm³/mol. The van der Waals surface area contributed by atoms with E-state index in [9.17, 15) is 15.0 Å². The minimum absolute atomic E-state index is 0.00776. The van der Waals surface area contributed by atoms with Gasteiger partial charge in [-0.2, -0.15) is 0 Å². The molecule has 1 aliphatic heterocycles. The van der Waals surface area contributed by atoms with Crippen LogP contribution in [0.15, 0.2) is 0 Å². The fraction of sp³-hybridized carbons (Fsp3) is 0.964. The zero-order valence-corrected chi connectivity index (χ0v) is 21.4. The third kappa shape index (κ3) is 2.34. The Kier molecular flexibility index (Phi) is 4.53. The lowest BCUT2D eigenvalue weighted by atomic mass is 9.41. The number of rotatable bonds is 1. The largest absolute Gasteiger partial charge is 0.467 e. The third-order valence-corrected chi connectivity index (χ3v) is 13.2. The molecule has 6 rings (SSSR count). The van der Waals surface area contributed by atoms with Crippen LogP contribution in [0.4, 0.5) is 0 Å². The summed E-state index contributed by atoms with van der Waals surface area (Å²) in [5.41, 5.74) is 0.420. The molecule has 1 saturated heterocycles. The molecule has 5 nitrogen and oxygen atoms in total. The number of aliphatic hydroxyl groups is 2. The van der Waals surface area contributed by atoms with Crippen molar-refractivity contribution in [3.05, 3.63) is 0 Å². The molecule has 0 aromatic heterocycles. The first-order valence-corrected chi connectivity index (χ1v) is 13.5. The van der Waals surface area contributed by atoms with Crippen molar-refractivity contribution in [2.75, 3.05) is 7.11 Å². The van der Waals surface area contributed by atoms with Crippen LogP contribution >= 0.6 is 0 Å². The van der Waals surface area contributed by atoms with Gasteiger partial charge in [-0.15, -0.1) is 0 Å². The molecule has 2 N–H and O–H groups in total. The van der Waals surface area contributed by atoms with E-state index in [0.717, 1.165) is 32.1 Å². The fourth-order valence-corrected chi connectivity index (χ4v) is 11.6. The van der Waals surface area contributed by atoms with E-state index in [4.69, 9.17) is 9.47 Å². The highest BCUT2D eigenvalue weighted by atomic mass is 16.6. The first-order chi connectivity index (χ1) is 15.4. The van der Waals surface area contributed by atoms with Crippen molar-refractivity contribution in [3.8, 4) is 0 Å². The van der Waals surface area contributed by atoms with Gasteiger partial charge in [0.25, 0.3) is 0 Å². The van der Waals surface area contributed by atoms with Crippen LogP contribution in [-0.2, 0) is 14.3 Å². The first-order valence-electron chi connectivity index (χ1n) is 13.5. The number of carbonyl (C=O) groups excluding carboxylic acids is 1. The smallest absolute Gasteiger partial charge is 0.334 e. The number of methoxy groups -OCH3 is 1. The number of hydrogen-bond donors (Lipinski definition) is 2. The Balaban J connectivity index is 1.39. The second-order valence-corrected chi connectivity index (χ2v) is 14.0. The number of aliphatic hydroxyl groups excluding tert-OH is 2. The molecule has 0 radical (unpaired) electrons. The summed E-state index contributed by atoms with van der Waals surface area (Å²) in [5.74, 6) is 1.35. The topological polar surface area (TPSA) is 76.0 Å². The fourth-order valence-electron chi connectivity index (χ4n) is 11.6. The molecular weight excluding hydrogens is 416 g/mol. The maximum atomic E-state index is 12.4. The van der Waals surface area contributed by atoms with Crippen LogP contribution in [0.5, 0.6) is 0 Å². The summed E-state index contributed by atoms with van der Waals surface area (Å²) in [4.78, 5) is 12.4. The zero-order chi connectivity index (χ0) is 23.8. The van der Waals surface area contributed by atoms with E-state index in [0.29, 0.717) is 35.0 Å². The molecule has 0 aromatic carbocycles. The van der Waals surface area contributed by atoms with Gasteiger partial charge in [-0.3, -0.25) is 0 Å². The van der Waals surface area contributed by atoms with Crippen LogP contribution in [0.3, 0.4) is 0 Å². The highest BCUT2D eigenvalue weighted by Crippen LogP contribution is 2.89. The van der Waals surface area contributed by atoms with Gasteiger partial charge in [-0.05, 0) is 96.7 Å². The van der Waals surface area contributed by atoms with Gasteiger partial charge in [0.15, 0.2) is 6.10 Å². The second kappa shape index (κ2) is 6.56. The Bertz CT molecular complexity index is 870. The Morgan fingerprint density at radius 1 is 0.970 bits per heavy atom. The monoisotopic (exact) mass is 460 g/mol. The number of carbonyl (C=O) groups is 1. The van der Waals surface area contributed by atoms with E-state index in [1.165, 1.54) is 20.0 Å². The summed E-state index contributed by atoms with van der Waals surface area (Å²) in [7, 11) is 1.42. The number of ether oxygens (including phenoxy) is 2. The van der Waals surface area contributed by atoms with Gasteiger partial charge in [0, 0.05) is 5.41 Å². The minimum Gasteiger partial charge on any atom is -0.467 e. The average Bonchev–Trinajstić information content (AvgIpc) is 3.41. The summed E-state index contributed by atoms with van der Waals surface area (Å²) >= 11 is 0. The number of esters is 1. The van der Waals surface area contributed by atoms with Crippen LogP contribution < -0.4 is 0 Å². The van der Waals surface area contributed by atoms with Crippen LogP contribution in [0.2, 0.25) is 0 Å². The molecule has 6 aliphatic rings. The van der Waals surface area contributed by atoms with Gasteiger partial charge in [0.2, 0.25) is 0 Å². The summed E-state index contributed by atoms with van der Waals surface area (Å²) in [5, 5.41) is 22.9. The average molecular weight is 461 g/mol. The highest BCUT2D eigenvalue weighted by molar-refractivity contribution is 5.74. The first kappa shape index (κ1) is 22.8. The van der Waals surface area contributed by atoms with E-state index >= 15 is 0 Å². The standard InChI is InChI=1S/C28H44O5/c1-15-13-16(23(31)32-6)33-21-20(15)25(4)11-12-28-14-27(28)10-9-19(29)24(2,3)17(27)7-8-18(28)26(25,5)22(21)30/h15-22,29-30H,7-14H2,1-6H3/t15-,16-,17+,18+,19+,20?,21+,22+,25-,26-,27?,28+/m1/s1. The lowest BCUT2D eigenvalue weighted by Gasteiger charge is -2.63. The lowest BCUT2D eigenvalue weighted by molar-refractivity contribution is -0.184. The minimum atomic E-state index is -0.564. The predicted octanol–water partition coefficient (Wildman–Crippen LogP) is 4.33. The van der Waals surface area contributed by atoms with Gasteiger partial charge in [-0.25, -0.2) is 4.79 Å². The molecular formula is C28H44O5. The molecule has 5 saturated carbocycles. The molecule has 0 amide bonds. The Labute approximate surface area is 199 Å². The quantitative estimate of drug-likeness (QED) is 0.570. The Morgan fingerprint density at radius 3 is 2.33 bits per heavy atom. The van der Waals surface area contributed by atoms with Gasteiger partial charge in [0.1, 0.15) is 0 Å². The van der Waals surface area contributed by atoms with Crippen molar-refractivity contribution < 1.29 is 24.5 Å². The molecule has 0 bridgehead atoms. The van der Waals surface area contributed by atoms with E-state index < -0.39 is 12.2 Å². The van der Waals surface area contributed by atoms with Gasteiger partial charge in [-0.1, -0.05) is 34.6 Å². The van der Waals surface area contributed by atoms with Crippen molar-refractivity contribution in [1.29, 1.82) is 0 Å². The molecule has 2 spiro atoms. The Hall–Kier alpha value is -0.650. The molecule has 12 atom stereocenters. The van der Waals surface area contributed by atoms with Crippen LogP contribution in [0.1, 0.15) is 86.0 Å². The van der Waals surface area contributed by atoms with Crippen molar-refractivity contribution in [1.82, 2.24) is 0 Å². The molecule has 1 heterocycles. The molecule has 0 aromatic rings. The summed E-state index contributed by atoms with van der Waals surface area (Å²) in [6.07, 6.45) is 7.09. The molecule has 5 heteroatoms. The van der Waals surface area contributed by atoms with Crippen molar-refractivity contribution in [2.45, 2.75) is 110 Å². The molecule has 33 heavy (non-hydrogen) atoms. The number of fused-ring (bicyclic) bond motifs is 4. The normalized spacial score (nSPS) is 60.5. The summed E-state index contributed by atoms with van der Waals surface area (Å²) < 4.78 is 11.4. The van der Waals surface area contributed by atoms with Crippen molar-refractivity contribution >= 4 is 5.97 Å². The van der Waals surface area contributed by atoms with Crippen LogP contribution in [0.25, 0.3) is 0 Å². The summed E-state index contributed by atoms with van der Waals surface area (Å²) in [6.45, 7) is 11.7. The van der Waals surface area contributed by atoms with Crippen LogP contribution in [0, 0.1) is 50.7 Å².